The summed E-state index contributed by atoms with van der Waals surface area (Å²) in [6.07, 6.45) is 3.09. The van der Waals surface area contributed by atoms with Crippen molar-refractivity contribution >= 4 is 5.78 Å². The van der Waals surface area contributed by atoms with Crippen LogP contribution in [-0.4, -0.2) is 54.9 Å². The van der Waals surface area contributed by atoms with Gasteiger partial charge in [-0.3, -0.25) is 4.79 Å². The van der Waals surface area contributed by atoms with Crippen LogP contribution in [0, 0.1) is 11.8 Å². The van der Waals surface area contributed by atoms with Crippen LogP contribution in [0.2, 0.25) is 0 Å². The number of piperazine rings is 1. The monoisotopic (exact) mass is 268 g/mol. The van der Waals surface area contributed by atoms with Gasteiger partial charge >= 0.3 is 0 Å². The highest BCUT2D eigenvalue weighted by Crippen LogP contribution is 2.08. The van der Waals surface area contributed by atoms with Crippen LogP contribution >= 0.6 is 0 Å². The number of ketones is 1. The van der Waals surface area contributed by atoms with Crippen LogP contribution in [0.5, 0.6) is 0 Å². The van der Waals surface area contributed by atoms with Crippen molar-refractivity contribution in [3.05, 3.63) is 0 Å². The third-order valence-corrected chi connectivity index (χ3v) is 4.03. The van der Waals surface area contributed by atoms with Crippen molar-refractivity contribution in [3.63, 3.8) is 0 Å². The van der Waals surface area contributed by atoms with Crippen LogP contribution in [0.25, 0.3) is 0 Å². The van der Waals surface area contributed by atoms with E-state index in [9.17, 15) is 4.79 Å². The van der Waals surface area contributed by atoms with Gasteiger partial charge in [-0.25, -0.2) is 0 Å². The summed E-state index contributed by atoms with van der Waals surface area (Å²) < 4.78 is 0. The summed E-state index contributed by atoms with van der Waals surface area (Å²) in [7, 11) is 0. The molecule has 0 radical (unpaired) electrons. The van der Waals surface area contributed by atoms with E-state index in [-0.39, 0.29) is 5.92 Å². The van der Waals surface area contributed by atoms with Crippen molar-refractivity contribution in [1.29, 1.82) is 0 Å². The lowest BCUT2D eigenvalue weighted by molar-refractivity contribution is -0.122. The molecule has 0 saturated carbocycles. The fraction of sp³-hybridized carbons (Fsp3) is 0.938. The zero-order valence-electron chi connectivity index (χ0n) is 13.3. The Morgan fingerprint density at radius 2 is 1.47 bits per heavy atom. The minimum atomic E-state index is 0.202. The van der Waals surface area contributed by atoms with Gasteiger partial charge in [0.25, 0.3) is 0 Å². The minimum absolute atomic E-state index is 0.202. The Balaban J connectivity index is 2.08. The molecule has 3 heteroatoms. The highest BCUT2D eigenvalue weighted by Gasteiger charge is 2.16. The van der Waals surface area contributed by atoms with E-state index in [1.54, 1.807) is 0 Å². The number of nitrogens with zero attached hydrogens (tertiary/aromatic N) is 2. The van der Waals surface area contributed by atoms with E-state index in [0.717, 1.165) is 25.3 Å². The molecule has 1 saturated heterocycles. The molecular weight excluding hydrogens is 236 g/mol. The average Bonchev–Trinajstić information content (AvgIpc) is 2.37. The maximum absolute atomic E-state index is 11.6. The number of rotatable bonds is 8. The van der Waals surface area contributed by atoms with E-state index in [1.165, 1.54) is 39.1 Å². The smallest absolute Gasteiger partial charge is 0.135 e. The molecule has 0 amide bonds. The summed E-state index contributed by atoms with van der Waals surface area (Å²) in [6, 6.07) is 0. The maximum atomic E-state index is 11.6. The van der Waals surface area contributed by atoms with Crippen LogP contribution in [0.3, 0.4) is 0 Å². The van der Waals surface area contributed by atoms with Crippen LogP contribution in [-0.2, 0) is 4.79 Å². The number of carbonyl (C=O) groups is 1. The molecule has 0 bridgehead atoms. The van der Waals surface area contributed by atoms with Crippen LogP contribution in [0.1, 0.15) is 47.0 Å². The number of hydrogen-bond acceptors (Lipinski definition) is 3. The Morgan fingerprint density at radius 3 is 1.95 bits per heavy atom. The predicted molar refractivity (Wildman–Crippen MR) is 81.4 cm³/mol. The molecule has 0 spiro atoms. The first-order valence-electron chi connectivity index (χ1n) is 7.96. The zero-order chi connectivity index (χ0) is 14.3. The van der Waals surface area contributed by atoms with E-state index >= 15 is 0 Å². The minimum Gasteiger partial charge on any atom is -0.301 e. The second-order valence-corrected chi connectivity index (χ2v) is 6.59. The zero-order valence-corrected chi connectivity index (χ0v) is 13.3. The molecule has 0 N–H and O–H groups in total. The van der Waals surface area contributed by atoms with Gasteiger partial charge in [-0.05, 0) is 31.8 Å². The van der Waals surface area contributed by atoms with Gasteiger partial charge in [-0.1, -0.05) is 27.7 Å². The van der Waals surface area contributed by atoms with E-state index in [0.29, 0.717) is 5.78 Å². The second-order valence-electron chi connectivity index (χ2n) is 6.59. The SMILES string of the molecule is CC(C)CCN1CCN(CCCC(=O)C(C)C)CC1. The summed E-state index contributed by atoms with van der Waals surface area (Å²) in [4.78, 5) is 16.7. The van der Waals surface area contributed by atoms with E-state index in [2.05, 4.69) is 23.6 Å². The Morgan fingerprint density at radius 1 is 0.947 bits per heavy atom. The normalized spacial score (nSPS) is 18.4. The molecule has 19 heavy (non-hydrogen) atoms. The lowest BCUT2D eigenvalue weighted by atomic mass is 10.0. The molecule has 0 unspecified atom stereocenters. The highest BCUT2D eigenvalue weighted by molar-refractivity contribution is 5.80. The van der Waals surface area contributed by atoms with Gasteiger partial charge in [0.05, 0.1) is 0 Å². The third-order valence-electron chi connectivity index (χ3n) is 4.03. The van der Waals surface area contributed by atoms with E-state index in [1.807, 2.05) is 13.8 Å². The maximum Gasteiger partial charge on any atom is 0.135 e. The molecule has 0 aliphatic carbocycles. The summed E-state index contributed by atoms with van der Waals surface area (Å²) in [5, 5.41) is 0. The lowest BCUT2D eigenvalue weighted by Gasteiger charge is -2.35. The van der Waals surface area contributed by atoms with Crippen LogP contribution < -0.4 is 0 Å². The van der Waals surface area contributed by atoms with Crippen molar-refractivity contribution < 1.29 is 4.79 Å². The summed E-state index contributed by atoms with van der Waals surface area (Å²) in [6.45, 7) is 15.7. The van der Waals surface area contributed by atoms with E-state index in [4.69, 9.17) is 0 Å². The van der Waals surface area contributed by atoms with Gasteiger partial charge in [0, 0.05) is 38.5 Å². The quantitative estimate of drug-likeness (QED) is 0.676. The summed E-state index contributed by atoms with van der Waals surface area (Å²) >= 11 is 0. The largest absolute Gasteiger partial charge is 0.301 e. The fourth-order valence-corrected chi connectivity index (χ4v) is 2.44. The molecule has 1 rings (SSSR count). The lowest BCUT2D eigenvalue weighted by Crippen LogP contribution is -2.46. The van der Waals surface area contributed by atoms with Crippen molar-refractivity contribution in [2.75, 3.05) is 39.3 Å². The van der Waals surface area contributed by atoms with Gasteiger partial charge in [-0.2, -0.15) is 0 Å². The second kappa shape index (κ2) is 8.70. The standard InChI is InChI=1S/C16H32N2O/c1-14(2)7-9-18-12-10-17(11-13-18)8-5-6-16(19)15(3)4/h14-15H,5-13H2,1-4H3. The van der Waals surface area contributed by atoms with Crippen LogP contribution in [0.15, 0.2) is 0 Å². The molecule has 112 valence electrons. The van der Waals surface area contributed by atoms with Gasteiger partial charge in [-0.15, -0.1) is 0 Å². The molecule has 1 fully saturated rings. The molecule has 0 aromatic rings. The molecule has 0 atom stereocenters. The van der Waals surface area contributed by atoms with Crippen molar-refractivity contribution in [3.8, 4) is 0 Å². The summed E-state index contributed by atoms with van der Waals surface area (Å²) in [5.41, 5.74) is 0. The highest BCUT2D eigenvalue weighted by atomic mass is 16.1. The molecule has 3 nitrogen and oxygen atoms in total. The fourth-order valence-electron chi connectivity index (χ4n) is 2.44. The van der Waals surface area contributed by atoms with Gasteiger partial charge < -0.3 is 9.80 Å². The molecular formula is C16H32N2O. The third kappa shape index (κ3) is 7.07. The number of Topliss-reactive ketones (excluding diaryl/α,β-unsaturated/α-hetero) is 1. The Labute approximate surface area is 119 Å². The molecule has 0 aromatic carbocycles. The van der Waals surface area contributed by atoms with Gasteiger partial charge in [0.2, 0.25) is 0 Å². The number of carbonyl (C=O) groups excluding carboxylic acids is 1. The van der Waals surface area contributed by atoms with Crippen LogP contribution in [0.4, 0.5) is 0 Å². The van der Waals surface area contributed by atoms with Gasteiger partial charge in [0.15, 0.2) is 0 Å². The molecule has 0 aromatic heterocycles. The van der Waals surface area contributed by atoms with Crippen molar-refractivity contribution in [2.24, 2.45) is 11.8 Å². The first kappa shape index (κ1) is 16.6. The molecule has 1 aliphatic rings. The first-order chi connectivity index (χ1) is 8.99. The average molecular weight is 268 g/mol. The first-order valence-corrected chi connectivity index (χ1v) is 7.96. The number of hydrogen-bond donors (Lipinski definition) is 0. The Kier molecular flexibility index (Phi) is 7.62. The summed E-state index contributed by atoms with van der Waals surface area (Å²) in [5.74, 6) is 1.42. The Bertz CT molecular complexity index is 255. The topological polar surface area (TPSA) is 23.6 Å². The van der Waals surface area contributed by atoms with Crippen molar-refractivity contribution in [2.45, 2.75) is 47.0 Å². The van der Waals surface area contributed by atoms with Gasteiger partial charge in [0.1, 0.15) is 5.78 Å². The van der Waals surface area contributed by atoms with Crippen molar-refractivity contribution in [1.82, 2.24) is 9.80 Å². The molecule has 1 heterocycles. The van der Waals surface area contributed by atoms with E-state index < -0.39 is 0 Å². The Hall–Kier alpha value is -0.410. The molecule has 1 aliphatic heterocycles. The predicted octanol–water partition coefficient (Wildman–Crippen LogP) is 2.66.